The zero-order valence-electron chi connectivity index (χ0n) is 9.23. The van der Waals surface area contributed by atoms with Crippen molar-refractivity contribution >= 4 is 5.69 Å². The Hall–Kier alpha value is -1.42. The SMILES string of the molecule is Cc1ccc([N+](=O)[O-])c(C(C)C(C)N)c1. The Morgan fingerprint density at radius 2 is 2.00 bits per heavy atom. The van der Waals surface area contributed by atoms with E-state index in [1.807, 2.05) is 26.8 Å². The lowest BCUT2D eigenvalue weighted by Gasteiger charge is -2.16. The summed E-state index contributed by atoms with van der Waals surface area (Å²) in [6.45, 7) is 5.68. The Morgan fingerprint density at radius 3 is 2.47 bits per heavy atom. The van der Waals surface area contributed by atoms with Crippen LogP contribution in [0.1, 0.15) is 30.9 Å². The smallest absolute Gasteiger partial charge is 0.272 e. The van der Waals surface area contributed by atoms with Gasteiger partial charge in [-0.2, -0.15) is 0 Å². The number of rotatable bonds is 3. The van der Waals surface area contributed by atoms with Gasteiger partial charge in [0.15, 0.2) is 0 Å². The molecule has 0 saturated heterocycles. The predicted octanol–water partition coefficient (Wildman–Crippen LogP) is 2.35. The van der Waals surface area contributed by atoms with Gasteiger partial charge in [-0.05, 0) is 19.9 Å². The maximum Gasteiger partial charge on any atom is 0.272 e. The van der Waals surface area contributed by atoms with Crippen molar-refractivity contribution in [1.29, 1.82) is 0 Å². The van der Waals surface area contributed by atoms with Gasteiger partial charge in [-0.3, -0.25) is 10.1 Å². The second kappa shape index (κ2) is 4.40. The lowest BCUT2D eigenvalue weighted by molar-refractivity contribution is -0.385. The normalized spacial score (nSPS) is 14.7. The summed E-state index contributed by atoms with van der Waals surface area (Å²) in [5, 5.41) is 10.8. The fourth-order valence-electron chi connectivity index (χ4n) is 1.49. The largest absolute Gasteiger partial charge is 0.327 e. The molecule has 1 aromatic rings. The summed E-state index contributed by atoms with van der Waals surface area (Å²) in [6, 6.07) is 5.04. The van der Waals surface area contributed by atoms with Gasteiger partial charge in [0.2, 0.25) is 0 Å². The van der Waals surface area contributed by atoms with E-state index in [1.54, 1.807) is 12.1 Å². The average molecular weight is 208 g/mol. The standard InChI is InChI=1S/C11H16N2O2/c1-7-4-5-11(13(14)15)10(6-7)8(2)9(3)12/h4-6,8-9H,12H2,1-3H3. The summed E-state index contributed by atoms with van der Waals surface area (Å²) >= 11 is 0. The van der Waals surface area contributed by atoms with E-state index >= 15 is 0 Å². The fraction of sp³-hybridized carbons (Fsp3) is 0.455. The minimum absolute atomic E-state index is 0.00898. The third kappa shape index (κ3) is 2.53. The molecule has 82 valence electrons. The molecular weight excluding hydrogens is 192 g/mol. The van der Waals surface area contributed by atoms with Crippen molar-refractivity contribution < 1.29 is 4.92 Å². The second-order valence-electron chi connectivity index (χ2n) is 3.97. The van der Waals surface area contributed by atoms with Crippen LogP contribution in [0.25, 0.3) is 0 Å². The molecule has 0 fully saturated rings. The van der Waals surface area contributed by atoms with E-state index < -0.39 is 0 Å². The lowest BCUT2D eigenvalue weighted by atomic mass is 9.92. The summed E-state index contributed by atoms with van der Waals surface area (Å²) in [5.74, 6) is -0.00898. The van der Waals surface area contributed by atoms with Gasteiger partial charge in [-0.15, -0.1) is 0 Å². The molecule has 0 heterocycles. The third-order valence-electron chi connectivity index (χ3n) is 2.66. The van der Waals surface area contributed by atoms with Crippen LogP contribution in [0.5, 0.6) is 0 Å². The summed E-state index contributed by atoms with van der Waals surface area (Å²) in [6.07, 6.45) is 0. The molecule has 0 aliphatic heterocycles. The van der Waals surface area contributed by atoms with E-state index in [0.717, 1.165) is 11.1 Å². The summed E-state index contributed by atoms with van der Waals surface area (Å²) in [7, 11) is 0. The van der Waals surface area contributed by atoms with Crippen molar-refractivity contribution in [3.05, 3.63) is 39.4 Å². The molecule has 0 saturated carbocycles. The van der Waals surface area contributed by atoms with Gasteiger partial charge in [-0.25, -0.2) is 0 Å². The van der Waals surface area contributed by atoms with Crippen molar-refractivity contribution in [3.63, 3.8) is 0 Å². The van der Waals surface area contributed by atoms with Gasteiger partial charge >= 0.3 is 0 Å². The van der Waals surface area contributed by atoms with Crippen molar-refractivity contribution in [1.82, 2.24) is 0 Å². The topological polar surface area (TPSA) is 69.2 Å². The second-order valence-corrected chi connectivity index (χ2v) is 3.97. The van der Waals surface area contributed by atoms with Gasteiger partial charge < -0.3 is 5.73 Å². The van der Waals surface area contributed by atoms with Gasteiger partial charge in [0, 0.05) is 23.6 Å². The molecular formula is C11H16N2O2. The molecule has 0 aliphatic carbocycles. The van der Waals surface area contributed by atoms with Gasteiger partial charge in [-0.1, -0.05) is 18.6 Å². The Balaban J connectivity index is 3.24. The first-order valence-corrected chi connectivity index (χ1v) is 4.94. The number of nitrogens with two attached hydrogens (primary N) is 1. The Morgan fingerprint density at radius 1 is 1.40 bits per heavy atom. The predicted molar refractivity (Wildman–Crippen MR) is 59.9 cm³/mol. The summed E-state index contributed by atoms with van der Waals surface area (Å²) in [4.78, 5) is 10.5. The third-order valence-corrected chi connectivity index (χ3v) is 2.66. The van der Waals surface area contributed by atoms with Crippen LogP contribution in [-0.4, -0.2) is 11.0 Å². The van der Waals surface area contributed by atoms with E-state index in [-0.39, 0.29) is 22.6 Å². The van der Waals surface area contributed by atoms with Gasteiger partial charge in [0.05, 0.1) is 4.92 Å². The average Bonchev–Trinajstić information content (AvgIpc) is 2.15. The van der Waals surface area contributed by atoms with Crippen molar-refractivity contribution in [2.24, 2.45) is 5.73 Å². The molecule has 0 radical (unpaired) electrons. The van der Waals surface area contributed by atoms with Gasteiger partial charge in [0.25, 0.3) is 5.69 Å². The molecule has 0 aliphatic rings. The Labute approximate surface area is 89.2 Å². The van der Waals surface area contributed by atoms with E-state index in [9.17, 15) is 10.1 Å². The fourth-order valence-corrected chi connectivity index (χ4v) is 1.49. The van der Waals surface area contributed by atoms with Crippen LogP contribution < -0.4 is 5.73 Å². The summed E-state index contributed by atoms with van der Waals surface area (Å²) < 4.78 is 0. The number of hydrogen-bond acceptors (Lipinski definition) is 3. The Bertz CT molecular complexity index is 375. The molecule has 1 aromatic carbocycles. The molecule has 0 amide bonds. The molecule has 0 aromatic heterocycles. The van der Waals surface area contributed by atoms with Crippen LogP contribution in [0.3, 0.4) is 0 Å². The van der Waals surface area contributed by atoms with E-state index in [4.69, 9.17) is 5.73 Å². The zero-order chi connectivity index (χ0) is 11.6. The molecule has 2 N–H and O–H groups in total. The highest BCUT2D eigenvalue weighted by Crippen LogP contribution is 2.28. The van der Waals surface area contributed by atoms with Crippen molar-refractivity contribution in [2.75, 3.05) is 0 Å². The van der Waals surface area contributed by atoms with Crippen LogP contribution in [-0.2, 0) is 0 Å². The molecule has 0 spiro atoms. The molecule has 4 nitrogen and oxygen atoms in total. The van der Waals surface area contributed by atoms with Crippen LogP contribution >= 0.6 is 0 Å². The number of nitro groups is 1. The van der Waals surface area contributed by atoms with Gasteiger partial charge in [0.1, 0.15) is 0 Å². The van der Waals surface area contributed by atoms with Crippen LogP contribution in [0.15, 0.2) is 18.2 Å². The number of nitrogens with zero attached hydrogens (tertiary/aromatic N) is 1. The number of aryl methyl sites for hydroxylation is 1. The van der Waals surface area contributed by atoms with E-state index in [0.29, 0.717) is 0 Å². The van der Waals surface area contributed by atoms with E-state index in [2.05, 4.69) is 0 Å². The highest BCUT2D eigenvalue weighted by Gasteiger charge is 2.21. The molecule has 15 heavy (non-hydrogen) atoms. The Kier molecular flexibility index (Phi) is 3.42. The van der Waals surface area contributed by atoms with Crippen molar-refractivity contribution in [3.8, 4) is 0 Å². The maximum atomic E-state index is 10.8. The molecule has 2 atom stereocenters. The molecule has 0 bridgehead atoms. The van der Waals surface area contributed by atoms with Crippen LogP contribution in [0.2, 0.25) is 0 Å². The monoisotopic (exact) mass is 208 g/mol. The number of hydrogen-bond donors (Lipinski definition) is 1. The number of benzene rings is 1. The molecule has 2 unspecified atom stereocenters. The minimum atomic E-state index is -0.354. The lowest BCUT2D eigenvalue weighted by Crippen LogP contribution is -2.23. The summed E-state index contributed by atoms with van der Waals surface area (Å²) in [5.41, 5.74) is 7.66. The van der Waals surface area contributed by atoms with Crippen molar-refractivity contribution in [2.45, 2.75) is 32.7 Å². The first-order chi connectivity index (χ1) is 6.93. The highest BCUT2D eigenvalue weighted by atomic mass is 16.6. The van der Waals surface area contributed by atoms with Crippen LogP contribution in [0, 0.1) is 17.0 Å². The first kappa shape index (κ1) is 11.7. The van der Waals surface area contributed by atoms with Crippen LogP contribution in [0.4, 0.5) is 5.69 Å². The maximum absolute atomic E-state index is 10.8. The number of nitro benzene ring substituents is 1. The highest BCUT2D eigenvalue weighted by molar-refractivity contribution is 5.45. The zero-order valence-corrected chi connectivity index (χ0v) is 9.23. The molecule has 1 rings (SSSR count). The molecule has 4 heteroatoms. The first-order valence-electron chi connectivity index (χ1n) is 4.94. The van der Waals surface area contributed by atoms with E-state index in [1.165, 1.54) is 0 Å². The minimum Gasteiger partial charge on any atom is -0.327 e. The quantitative estimate of drug-likeness (QED) is 0.612.